The number of allylic oxidation sites excluding steroid dienone is 2. The molecule has 0 spiro atoms. The van der Waals surface area contributed by atoms with E-state index in [9.17, 15) is 27.6 Å². The summed E-state index contributed by atoms with van der Waals surface area (Å²) in [4.78, 5) is 14.9. The topological polar surface area (TPSA) is 90.9 Å². The summed E-state index contributed by atoms with van der Waals surface area (Å²) in [6, 6.07) is 13.8. The average Bonchev–Trinajstić information content (AvgIpc) is 2.87. The van der Waals surface area contributed by atoms with Crippen LogP contribution in [0.25, 0.3) is 0 Å². The summed E-state index contributed by atoms with van der Waals surface area (Å²) in [5.74, 6) is -4.62. The van der Waals surface area contributed by atoms with Crippen molar-refractivity contribution in [3.63, 3.8) is 0 Å². The first-order valence-corrected chi connectivity index (χ1v) is 14.3. The van der Waals surface area contributed by atoms with E-state index in [0.717, 1.165) is 11.6 Å². The highest BCUT2D eigenvalue weighted by molar-refractivity contribution is 7.58. The van der Waals surface area contributed by atoms with E-state index in [2.05, 4.69) is 5.32 Å². The predicted molar refractivity (Wildman–Crippen MR) is 138 cm³/mol. The van der Waals surface area contributed by atoms with E-state index in [1.807, 2.05) is 49.2 Å². The molecule has 2 aliphatic heterocycles. The monoisotopic (exact) mass is 565 g/mol. The van der Waals surface area contributed by atoms with Crippen molar-refractivity contribution < 1.29 is 36.7 Å². The highest BCUT2D eigenvalue weighted by Crippen LogP contribution is 2.67. The normalized spacial score (nSPS) is 26.3. The molecule has 2 aliphatic rings. The fraction of sp³-hybridized carbons (Fsp3) is 0.464. The number of aliphatic carboxylic acids is 1. The molecule has 39 heavy (non-hydrogen) atoms. The average molecular weight is 566 g/mol. The number of hydrogen-bond donors (Lipinski definition) is 1. The number of nitrogens with zero attached hydrogens (tertiary/aromatic N) is 1. The number of hydrogen-bond acceptors (Lipinski definition) is 7. The molecule has 0 aromatic heterocycles. The minimum Gasteiger partial charge on any atom is -0.550 e. The van der Waals surface area contributed by atoms with E-state index in [1.165, 1.54) is 18.2 Å². The number of benzene rings is 2. The molecular formula is C28H33F3N2O5P-. The van der Waals surface area contributed by atoms with Crippen LogP contribution in [0.15, 0.2) is 65.6 Å². The summed E-state index contributed by atoms with van der Waals surface area (Å²) in [5.41, 5.74) is -1.41. The van der Waals surface area contributed by atoms with Gasteiger partial charge in [0.05, 0.1) is 29.6 Å². The Labute approximate surface area is 226 Å². The van der Waals surface area contributed by atoms with Gasteiger partial charge in [0.15, 0.2) is 0 Å². The Bertz CT molecular complexity index is 1280. The van der Waals surface area contributed by atoms with Crippen molar-refractivity contribution in [1.82, 2.24) is 10.2 Å². The Balaban J connectivity index is 1.91. The van der Waals surface area contributed by atoms with Crippen LogP contribution >= 0.6 is 7.60 Å². The third kappa shape index (κ3) is 5.66. The van der Waals surface area contributed by atoms with E-state index in [0.29, 0.717) is 13.0 Å². The zero-order valence-corrected chi connectivity index (χ0v) is 23.2. The van der Waals surface area contributed by atoms with Crippen LogP contribution in [0.1, 0.15) is 49.8 Å². The molecule has 2 heterocycles. The molecule has 0 amide bonds. The minimum atomic E-state index is -4.79. The van der Waals surface area contributed by atoms with Crippen LogP contribution in [0.5, 0.6) is 0 Å². The first kappa shape index (κ1) is 29.3. The molecule has 0 aliphatic carbocycles. The molecule has 4 atom stereocenters. The van der Waals surface area contributed by atoms with Gasteiger partial charge in [-0.1, -0.05) is 48.5 Å². The molecule has 4 unspecified atom stereocenters. The lowest BCUT2D eigenvalue weighted by Crippen LogP contribution is -2.67. The Morgan fingerprint density at radius 3 is 2.33 bits per heavy atom. The highest BCUT2D eigenvalue weighted by atomic mass is 31.2. The number of alkyl halides is 3. The number of carboxylic acids is 1. The van der Waals surface area contributed by atoms with Crippen LogP contribution in [0.2, 0.25) is 0 Å². The Hall–Kier alpha value is -2.65. The zero-order chi connectivity index (χ0) is 28.6. The van der Waals surface area contributed by atoms with Gasteiger partial charge >= 0.3 is 13.8 Å². The lowest BCUT2D eigenvalue weighted by molar-refractivity contribution is -0.315. The number of likely N-dealkylation sites (N-methyl/N-ethyl adjacent to an activating group) is 1. The smallest absolute Gasteiger partial charge is 0.416 e. The summed E-state index contributed by atoms with van der Waals surface area (Å²) < 4.78 is 68.0. The molecule has 1 saturated heterocycles. The van der Waals surface area contributed by atoms with Crippen molar-refractivity contribution >= 4 is 13.6 Å². The number of carbonyl (C=O) groups excluding carboxylic acids is 1. The van der Waals surface area contributed by atoms with Crippen LogP contribution in [0.3, 0.4) is 0 Å². The summed E-state index contributed by atoms with van der Waals surface area (Å²) >= 11 is 0. The Kier molecular flexibility index (Phi) is 8.34. The molecule has 2 aromatic rings. The van der Waals surface area contributed by atoms with Gasteiger partial charge in [-0.25, -0.2) is 0 Å². The quantitative estimate of drug-likeness (QED) is 0.478. The maximum absolute atomic E-state index is 14.3. The van der Waals surface area contributed by atoms with Crippen molar-refractivity contribution in [3.8, 4) is 0 Å². The van der Waals surface area contributed by atoms with Crippen LogP contribution in [0, 0.1) is 5.92 Å². The zero-order valence-electron chi connectivity index (χ0n) is 22.3. The number of nitrogens with one attached hydrogen (secondary N) is 1. The highest BCUT2D eigenvalue weighted by Gasteiger charge is 2.56. The van der Waals surface area contributed by atoms with Crippen LogP contribution in [0.4, 0.5) is 13.2 Å². The Morgan fingerprint density at radius 1 is 1.15 bits per heavy atom. The first-order valence-electron chi connectivity index (χ1n) is 12.8. The van der Waals surface area contributed by atoms with Gasteiger partial charge in [-0.3, -0.25) is 9.46 Å². The van der Waals surface area contributed by atoms with E-state index < -0.39 is 48.7 Å². The second kappa shape index (κ2) is 11.1. The van der Waals surface area contributed by atoms with Crippen molar-refractivity contribution in [3.05, 3.63) is 82.3 Å². The van der Waals surface area contributed by atoms with Gasteiger partial charge in [0.2, 0.25) is 0 Å². The molecule has 2 aromatic carbocycles. The molecular weight excluding hydrogens is 532 g/mol. The van der Waals surface area contributed by atoms with E-state index in [4.69, 9.17) is 9.05 Å². The number of carboxylic acid groups (broad SMARTS) is 1. The van der Waals surface area contributed by atoms with Crippen molar-refractivity contribution in [2.75, 3.05) is 20.3 Å². The van der Waals surface area contributed by atoms with Gasteiger partial charge in [0.25, 0.3) is 0 Å². The number of carbonyl (C=O) groups is 1. The largest absolute Gasteiger partial charge is 0.550 e. The molecule has 1 N–H and O–H groups in total. The van der Waals surface area contributed by atoms with E-state index in [-0.39, 0.29) is 29.8 Å². The standard InChI is InChI=1S/C28H34F3N2O5P/c1-18-25(39(36)37-15-10-16-38-39)23(21-13-8-9-14-22(21)28(29,30)31)24(26(34)35)27(3,32-18)19(2)33(4)17-20-11-6-5-7-12-20/h5-9,11-14,19,23-24,32H,10,15-17H2,1-4H3,(H,34,35)/p-1. The first-order chi connectivity index (χ1) is 18.3. The summed E-state index contributed by atoms with van der Waals surface area (Å²) in [5, 5.41) is 16.1. The van der Waals surface area contributed by atoms with Crippen molar-refractivity contribution in [2.24, 2.45) is 5.92 Å². The Morgan fingerprint density at radius 2 is 1.74 bits per heavy atom. The molecule has 212 valence electrons. The third-order valence-corrected chi connectivity index (χ3v) is 10.1. The molecule has 11 heteroatoms. The second-order valence-corrected chi connectivity index (χ2v) is 12.4. The third-order valence-electron chi connectivity index (χ3n) is 7.88. The van der Waals surface area contributed by atoms with Gasteiger partial charge in [-0.05, 0) is 51.4 Å². The number of halogens is 3. The second-order valence-electron chi connectivity index (χ2n) is 10.4. The van der Waals surface area contributed by atoms with Gasteiger partial charge in [0.1, 0.15) is 0 Å². The number of rotatable bonds is 7. The fourth-order valence-electron chi connectivity index (χ4n) is 5.83. The van der Waals surface area contributed by atoms with Crippen LogP contribution < -0.4 is 10.4 Å². The maximum atomic E-state index is 14.3. The predicted octanol–water partition coefficient (Wildman–Crippen LogP) is 4.90. The molecule has 0 bridgehead atoms. The lowest BCUT2D eigenvalue weighted by Gasteiger charge is -2.54. The SMILES string of the molecule is CC1=C(P2(=O)OCCCO2)C(c2ccccc2C(F)(F)F)C(C(=O)[O-])C(C)(C(C)N(C)Cc2ccccc2)N1. The van der Waals surface area contributed by atoms with Crippen LogP contribution in [-0.4, -0.2) is 42.7 Å². The van der Waals surface area contributed by atoms with Gasteiger partial charge in [0, 0.05) is 36.1 Å². The summed E-state index contributed by atoms with van der Waals surface area (Å²) in [7, 11) is -2.32. The van der Waals surface area contributed by atoms with Gasteiger partial charge in [-0.2, -0.15) is 13.2 Å². The van der Waals surface area contributed by atoms with E-state index in [1.54, 1.807) is 13.8 Å². The molecule has 0 radical (unpaired) electrons. The molecule has 1 fully saturated rings. The molecule has 7 nitrogen and oxygen atoms in total. The van der Waals surface area contributed by atoms with Crippen LogP contribution in [-0.2, 0) is 31.1 Å². The van der Waals surface area contributed by atoms with Crippen molar-refractivity contribution in [2.45, 2.75) is 57.4 Å². The summed E-state index contributed by atoms with van der Waals surface area (Å²) in [6.45, 7) is 5.65. The van der Waals surface area contributed by atoms with Crippen molar-refractivity contribution in [1.29, 1.82) is 0 Å². The maximum Gasteiger partial charge on any atom is 0.416 e. The minimum absolute atomic E-state index is 0.0746. The fourth-order valence-corrected chi connectivity index (χ4v) is 8.02. The van der Waals surface area contributed by atoms with E-state index >= 15 is 0 Å². The molecule has 0 saturated carbocycles. The summed E-state index contributed by atoms with van der Waals surface area (Å²) in [6.07, 6.45) is -4.33. The lowest BCUT2D eigenvalue weighted by atomic mass is 9.67. The van der Waals surface area contributed by atoms with Gasteiger partial charge in [-0.15, -0.1) is 0 Å². The van der Waals surface area contributed by atoms with Gasteiger partial charge < -0.3 is 24.3 Å². The molecule has 4 rings (SSSR count).